The third-order valence-electron chi connectivity index (χ3n) is 5.27. The van der Waals surface area contributed by atoms with Crippen molar-refractivity contribution in [3.05, 3.63) is 76.5 Å². The summed E-state index contributed by atoms with van der Waals surface area (Å²) in [7, 11) is 0. The van der Waals surface area contributed by atoms with Crippen LogP contribution < -0.4 is 10.6 Å². The van der Waals surface area contributed by atoms with Gasteiger partial charge in [-0.3, -0.25) is 9.69 Å². The fraction of sp³-hybridized carbons (Fsp3) is 0.320. The number of carbonyl (C=O) groups is 3. The van der Waals surface area contributed by atoms with Crippen LogP contribution in [0, 0.1) is 6.92 Å². The Morgan fingerprint density at radius 1 is 1.12 bits per heavy atom. The number of anilines is 1. The molecule has 0 saturated heterocycles. The van der Waals surface area contributed by atoms with Crippen molar-refractivity contribution in [1.29, 1.82) is 0 Å². The van der Waals surface area contributed by atoms with Gasteiger partial charge < -0.3 is 15.4 Å². The smallest absolute Gasteiger partial charge is 0.338 e. The molecule has 2 N–H and O–H groups in total. The van der Waals surface area contributed by atoms with Crippen molar-refractivity contribution in [2.24, 2.45) is 0 Å². The molecule has 32 heavy (non-hydrogen) atoms. The Kier molecular flexibility index (Phi) is 6.98. The average Bonchev–Trinajstić information content (AvgIpc) is 2.73. The van der Waals surface area contributed by atoms with Crippen LogP contribution in [-0.2, 0) is 9.53 Å². The van der Waals surface area contributed by atoms with Gasteiger partial charge in [-0.25, -0.2) is 9.59 Å². The van der Waals surface area contributed by atoms with Crippen LogP contribution in [0.4, 0.5) is 10.5 Å². The number of nitrogens with zero attached hydrogens (tertiary/aromatic N) is 1. The van der Waals surface area contributed by atoms with Crippen molar-refractivity contribution in [1.82, 2.24) is 10.2 Å². The van der Waals surface area contributed by atoms with E-state index >= 15 is 0 Å². The Labute approximate surface area is 188 Å². The van der Waals surface area contributed by atoms with Crippen molar-refractivity contribution >= 4 is 23.6 Å². The Hall–Kier alpha value is -3.61. The number of urea groups is 1. The van der Waals surface area contributed by atoms with Crippen molar-refractivity contribution < 1.29 is 19.1 Å². The zero-order valence-corrected chi connectivity index (χ0v) is 19.1. The molecule has 3 rings (SSSR count). The molecule has 1 unspecified atom stereocenters. The van der Waals surface area contributed by atoms with Crippen LogP contribution >= 0.6 is 0 Å². The zero-order chi connectivity index (χ0) is 23.4. The van der Waals surface area contributed by atoms with Crippen LogP contribution in [0.5, 0.6) is 0 Å². The van der Waals surface area contributed by atoms with Gasteiger partial charge in [0.2, 0.25) is 0 Å². The number of carbonyl (C=O) groups excluding carboxylic acids is 3. The highest BCUT2D eigenvalue weighted by Gasteiger charge is 2.36. The van der Waals surface area contributed by atoms with Gasteiger partial charge in [0.15, 0.2) is 0 Å². The standard InChI is InChI=1S/C25H29N3O4/c1-6-28-17(5)21(24(30)32-15(2)3)22(27-25(28)31)19-8-7-9-20(14-19)26-23(29)18-12-10-16(4)11-13-18/h7-15,22H,6H2,1-5H3,(H,26,29)(H,27,31). The lowest BCUT2D eigenvalue weighted by atomic mass is 9.94. The minimum absolute atomic E-state index is 0.238. The fourth-order valence-electron chi connectivity index (χ4n) is 3.66. The highest BCUT2D eigenvalue weighted by Crippen LogP contribution is 2.32. The van der Waals surface area contributed by atoms with Gasteiger partial charge in [-0.2, -0.15) is 0 Å². The molecule has 7 heteroatoms. The second-order valence-electron chi connectivity index (χ2n) is 8.03. The Balaban J connectivity index is 1.93. The maximum absolute atomic E-state index is 12.9. The number of allylic oxidation sites excluding steroid dienone is 1. The van der Waals surface area contributed by atoms with E-state index in [-0.39, 0.29) is 18.0 Å². The van der Waals surface area contributed by atoms with Gasteiger partial charge in [0.05, 0.1) is 17.7 Å². The molecule has 2 aromatic carbocycles. The van der Waals surface area contributed by atoms with Crippen LogP contribution in [0.2, 0.25) is 0 Å². The maximum atomic E-state index is 12.9. The quantitative estimate of drug-likeness (QED) is 0.651. The van der Waals surface area contributed by atoms with Crippen LogP contribution in [-0.4, -0.2) is 35.5 Å². The van der Waals surface area contributed by atoms with Crippen LogP contribution in [0.25, 0.3) is 0 Å². The number of aryl methyl sites for hydroxylation is 1. The first-order chi connectivity index (χ1) is 15.2. The number of hydrogen-bond acceptors (Lipinski definition) is 4. The van der Waals surface area contributed by atoms with Crippen LogP contribution in [0.1, 0.15) is 55.2 Å². The summed E-state index contributed by atoms with van der Waals surface area (Å²) in [5.41, 5.74) is 3.78. The molecule has 1 aliphatic rings. The number of esters is 1. The van der Waals surface area contributed by atoms with Crippen molar-refractivity contribution in [2.45, 2.75) is 46.8 Å². The van der Waals surface area contributed by atoms with E-state index in [1.165, 1.54) is 4.90 Å². The summed E-state index contributed by atoms with van der Waals surface area (Å²) in [5.74, 6) is -0.715. The summed E-state index contributed by atoms with van der Waals surface area (Å²) >= 11 is 0. The lowest BCUT2D eigenvalue weighted by Crippen LogP contribution is -2.48. The molecule has 1 aliphatic heterocycles. The maximum Gasteiger partial charge on any atom is 0.338 e. The predicted octanol–water partition coefficient (Wildman–Crippen LogP) is 4.56. The minimum atomic E-state index is -0.687. The molecule has 7 nitrogen and oxygen atoms in total. The van der Waals surface area contributed by atoms with E-state index in [0.717, 1.165) is 5.56 Å². The molecule has 1 atom stereocenters. The first kappa shape index (κ1) is 23.1. The van der Waals surface area contributed by atoms with Crippen molar-refractivity contribution in [3.63, 3.8) is 0 Å². The molecular weight excluding hydrogens is 406 g/mol. The summed E-state index contributed by atoms with van der Waals surface area (Å²) in [6.07, 6.45) is -0.295. The molecule has 168 valence electrons. The monoisotopic (exact) mass is 435 g/mol. The van der Waals surface area contributed by atoms with Crippen LogP contribution in [0.15, 0.2) is 59.8 Å². The van der Waals surface area contributed by atoms with E-state index in [1.807, 2.05) is 32.0 Å². The van der Waals surface area contributed by atoms with E-state index in [2.05, 4.69) is 10.6 Å². The topological polar surface area (TPSA) is 87.7 Å². The highest BCUT2D eigenvalue weighted by atomic mass is 16.5. The third kappa shape index (κ3) is 4.99. The molecule has 1 heterocycles. The number of hydrogen-bond donors (Lipinski definition) is 2. The molecule has 0 radical (unpaired) electrons. The van der Waals surface area contributed by atoms with Gasteiger partial charge in [-0.1, -0.05) is 29.8 Å². The number of benzene rings is 2. The summed E-state index contributed by atoms with van der Waals surface area (Å²) in [5, 5.41) is 5.78. The van der Waals surface area contributed by atoms with Crippen molar-refractivity contribution in [3.8, 4) is 0 Å². The highest BCUT2D eigenvalue weighted by molar-refractivity contribution is 6.04. The second-order valence-corrected chi connectivity index (χ2v) is 8.03. The van der Waals surface area contributed by atoms with Gasteiger partial charge >= 0.3 is 12.0 Å². The molecule has 2 aromatic rings. The lowest BCUT2D eigenvalue weighted by Gasteiger charge is -2.35. The summed E-state index contributed by atoms with van der Waals surface area (Å²) in [4.78, 5) is 39.7. The van der Waals surface area contributed by atoms with Crippen LogP contribution in [0.3, 0.4) is 0 Å². The second kappa shape index (κ2) is 9.68. The lowest BCUT2D eigenvalue weighted by molar-refractivity contribution is -0.143. The number of rotatable bonds is 6. The normalized spacial score (nSPS) is 16.1. The van der Waals surface area contributed by atoms with E-state index in [1.54, 1.807) is 51.1 Å². The van der Waals surface area contributed by atoms with Gasteiger partial charge in [0.25, 0.3) is 5.91 Å². The summed E-state index contributed by atoms with van der Waals surface area (Å²) in [6.45, 7) is 9.54. The van der Waals surface area contributed by atoms with Gasteiger partial charge in [0.1, 0.15) is 0 Å². The minimum Gasteiger partial charge on any atom is -0.459 e. The number of ether oxygens (including phenoxy) is 1. The summed E-state index contributed by atoms with van der Waals surface area (Å²) < 4.78 is 5.46. The largest absolute Gasteiger partial charge is 0.459 e. The first-order valence-corrected chi connectivity index (χ1v) is 10.7. The molecule has 0 saturated carbocycles. The zero-order valence-electron chi connectivity index (χ0n) is 19.1. The SMILES string of the molecule is CCN1C(=O)NC(c2cccc(NC(=O)c3ccc(C)cc3)c2)C(C(=O)OC(C)C)=C1C. The van der Waals surface area contributed by atoms with E-state index < -0.39 is 12.0 Å². The third-order valence-corrected chi connectivity index (χ3v) is 5.27. The fourth-order valence-corrected chi connectivity index (χ4v) is 3.66. The Morgan fingerprint density at radius 2 is 1.81 bits per heavy atom. The number of amides is 3. The molecule has 0 aliphatic carbocycles. The van der Waals surface area contributed by atoms with Gasteiger partial charge in [-0.15, -0.1) is 0 Å². The van der Waals surface area contributed by atoms with E-state index in [9.17, 15) is 14.4 Å². The van der Waals surface area contributed by atoms with Gasteiger partial charge in [-0.05, 0) is 64.4 Å². The van der Waals surface area contributed by atoms with Crippen molar-refractivity contribution in [2.75, 3.05) is 11.9 Å². The molecule has 0 fully saturated rings. The average molecular weight is 436 g/mol. The Bertz CT molecular complexity index is 1060. The molecule has 0 bridgehead atoms. The molecule has 0 aromatic heterocycles. The predicted molar refractivity (Wildman–Crippen MR) is 123 cm³/mol. The van der Waals surface area contributed by atoms with E-state index in [4.69, 9.17) is 4.74 Å². The molecule has 0 spiro atoms. The number of nitrogens with one attached hydrogen (secondary N) is 2. The first-order valence-electron chi connectivity index (χ1n) is 10.7. The van der Waals surface area contributed by atoms with E-state index in [0.29, 0.717) is 34.6 Å². The van der Waals surface area contributed by atoms with Gasteiger partial charge in [0, 0.05) is 23.5 Å². The molecular formula is C25H29N3O4. The Morgan fingerprint density at radius 3 is 2.44 bits per heavy atom. The summed E-state index contributed by atoms with van der Waals surface area (Å²) in [6, 6.07) is 13.4. The molecule has 3 amide bonds.